The van der Waals surface area contributed by atoms with E-state index in [1.807, 2.05) is 36.4 Å². The van der Waals surface area contributed by atoms with Crippen molar-refractivity contribution in [3.05, 3.63) is 77.9 Å². The molecule has 7 nitrogen and oxygen atoms in total. The number of hydrogen-bond acceptors (Lipinski definition) is 5. The van der Waals surface area contributed by atoms with Crippen LogP contribution in [0.2, 0.25) is 0 Å². The van der Waals surface area contributed by atoms with Gasteiger partial charge in [-0.05, 0) is 53.1 Å². The van der Waals surface area contributed by atoms with Gasteiger partial charge < -0.3 is 10.1 Å². The fourth-order valence-corrected chi connectivity index (χ4v) is 4.27. The van der Waals surface area contributed by atoms with Crippen LogP contribution in [0.5, 0.6) is 5.75 Å². The van der Waals surface area contributed by atoms with E-state index in [4.69, 9.17) is 4.74 Å². The van der Waals surface area contributed by atoms with Crippen LogP contribution < -0.4 is 15.5 Å². The number of esters is 1. The van der Waals surface area contributed by atoms with E-state index < -0.39 is 11.9 Å². The van der Waals surface area contributed by atoms with Crippen LogP contribution in [0, 0.1) is 0 Å². The molecule has 0 atom stereocenters. The van der Waals surface area contributed by atoms with Gasteiger partial charge in [-0.25, -0.2) is 10.2 Å². The monoisotopic (exact) mass is 529 g/mol. The van der Waals surface area contributed by atoms with Gasteiger partial charge in [-0.2, -0.15) is 5.10 Å². The van der Waals surface area contributed by atoms with Crippen molar-refractivity contribution < 1.29 is 19.1 Å². The van der Waals surface area contributed by atoms with E-state index in [1.54, 1.807) is 30.3 Å². The molecule has 0 fully saturated rings. The highest BCUT2D eigenvalue weighted by Crippen LogP contribution is 2.21. The first-order valence-corrected chi connectivity index (χ1v) is 14.0. The van der Waals surface area contributed by atoms with Gasteiger partial charge in [0, 0.05) is 6.42 Å². The minimum Gasteiger partial charge on any atom is -0.423 e. The molecule has 0 unspecified atom stereocenters. The van der Waals surface area contributed by atoms with Gasteiger partial charge in [0.2, 0.25) is 5.91 Å². The molecule has 3 aromatic carbocycles. The van der Waals surface area contributed by atoms with Crippen LogP contribution in [-0.4, -0.2) is 30.5 Å². The van der Waals surface area contributed by atoms with Crippen molar-refractivity contribution in [2.75, 3.05) is 6.54 Å². The summed E-state index contributed by atoms with van der Waals surface area (Å²) in [5, 5.41) is 8.37. The minimum atomic E-state index is -0.430. The van der Waals surface area contributed by atoms with Gasteiger partial charge >= 0.3 is 5.97 Å². The highest BCUT2D eigenvalue weighted by molar-refractivity contribution is 6.05. The number of carbonyl (C=O) groups is 3. The molecule has 0 radical (unpaired) electrons. The van der Waals surface area contributed by atoms with Crippen molar-refractivity contribution in [2.24, 2.45) is 5.10 Å². The van der Waals surface area contributed by atoms with E-state index in [0.29, 0.717) is 17.7 Å². The highest BCUT2D eigenvalue weighted by atomic mass is 16.5. The number of fused-ring (bicyclic) bond motifs is 1. The zero-order chi connectivity index (χ0) is 27.7. The third kappa shape index (κ3) is 10.7. The molecule has 0 aromatic heterocycles. The Kier molecular flexibility index (Phi) is 12.7. The largest absolute Gasteiger partial charge is 0.423 e. The van der Waals surface area contributed by atoms with Crippen LogP contribution in [0.15, 0.2) is 71.8 Å². The van der Waals surface area contributed by atoms with Gasteiger partial charge in [0.1, 0.15) is 5.75 Å². The van der Waals surface area contributed by atoms with Crippen LogP contribution in [-0.2, 0) is 9.59 Å². The molecule has 7 heteroatoms. The molecule has 0 saturated carbocycles. The lowest BCUT2D eigenvalue weighted by Crippen LogP contribution is -2.34. The fraction of sp³-hybridized carbons (Fsp3) is 0.375. The zero-order valence-electron chi connectivity index (χ0n) is 22.8. The molecule has 0 aliphatic carbocycles. The molecule has 0 aliphatic heterocycles. The van der Waals surface area contributed by atoms with E-state index >= 15 is 0 Å². The number of benzene rings is 3. The molecule has 3 rings (SSSR count). The molecular weight excluding hydrogens is 490 g/mol. The summed E-state index contributed by atoms with van der Waals surface area (Å²) in [6.45, 7) is 2.11. The predicted octanol–water partition coefficient (Wildman–Crippen LogP) is 6.55. The quantitative estimate of drug-likeness (QED) is 0.0723. The Morgan fingerprint density at radius 2 is 1.44 bits per heavy atom. The Hall–Kier alpha value is -4.00. The second kappa shape index (κ2) is 16.8. The number of unbranched alkanes of at least 4 members (excludes halogenated alkanes) is 8. The third-order valence-electron chi connectivity index (χ3n) is 6.46. The molecule has 3 aromatic rings. The van der Waals surface area contributed by atoms with Crippen molar-refractivity contribution in [3.8, 4) is 5.75 Å². The summed E-state index contributed by atoms with van der Waals surface area (Å²) < 4.78 is 5.53. The minimum absolute atomic E-state index is 0.114. The van der Waals surface area contributed by atoms with Crippen molar-refractivity contribution in [3.63, 3.8) is 0 Å². The summed E-state index contributed by atoms with van der Waals surface area (Å²) in [4.78, 5) is 36.6. The molecule has 39 heavy (non-hydrogen) atoms. The number of amides is 2. The first kappa shape index (κ1) is 29.6. The van der Waals surface area contributed by atoms with E-state index in [2.05, 4.69) is 22.8 Å². The fourth-order valence-electron chi connectivity index (χ4n) is 4.27. The van der Waals surface area contributed by atoms with Gasteiger partial charge in [0.25, 0.3) is 5.91 Å². The van der Waals surface area contributed by atoms with Gasteiger partial charge in [-0.1, -0.05) is 94.7 Å². The van der Waals surface area contributed by atoms with E-state index in [-0.39, 0.29) is 12.5 Å². The van der Waals surface area contributed by atoms with Gasteiger partial charge in [-0.3, -0.25) is 9.59 Å². The Balaban J connectivity index is 1.31. The van der Waals surface area contributed by atoms with E-state index in [9.17, 15) is 14.4 Å². The number of ether oxygens (including phenoxy) is 1. The summed E-state index contributed by atoms with van der Waals surface area (Å²) in [6, 6.07) is 20.0. The number of rotatable bonds is 16. The SMILES string of the molecule is CCCCCCCCCCCC(=O)NCC(=O)N/N=C\c1ccc(OC(=O)c2cccc3ccccc23)cc1. The standard InChI is InChI=1S/C32H39N3O4/c1-2-3-4-5-6-7-8-9-10-18-30(36)33-24-31(37)35-34-23-25-19-21-27(22-20-25)39-32(38)29-17-13-15-26-14-11-12-16-28(26)29/h11-17,19-23H,2-10,18,24H2,1H3,(H,33,36)(H,35,37)/b34-23-. The highest BCUT2D eigenvalue weighted by Gasteiger charge is 2.12. The van der Waals surface area contributed by atoms with Crippen LogP contribution >= 0.6 is 0 Å². The zero-order valence-corrected chi connectivity index (χ0v) is 22.8. The van der Waals surface area contributed by atoms with Crippen molar-refractivity contribution in [1.82, 2.24) is 10.7 Å². The van der Waals surface area contributed by atoms with Crippen LogP contribution in [0.25, 0.3) is 10.8 Å². The van der Waals surface area contributed by atoms with Crippen LogP contribution in [0.1, 0.15) is 87.1 Å². The van der Waals surface area contributed by atoms with Crippen molar-refractivity contribution >= 4 is 34.8 Å². The van der Waals surface area contributed by atoms with Crippen LogP contribution in [0.4, 0.5) is 0 Å². The van der Waals surface area contributed by atoms with E-state index in [0.717, 1.165) is 35.6 Å². The smallest absolute Gasteiger partial charge is 0.344 e. The number of nitrogens with one attached hydrogen (secondary N) is 2. The Labute approximate surface area is 231 Å². The molecule has 0 heterocycles. The lowest BCUT2D eigenvalue weighted by Gasteiger charge is -2.07. The second-order valence-electron chi connectivity index (χ2n) is 9.63. The number of carbonyl (C=O) groups excluding carboxylic acids is 3. The molecule has 2 amide bonds. The first-order chi connectivity index (χ1) is 19.1. The molecule has 2 N–H and O–H groups in total. The summed E-state index contributed by atoms with van der Waals surface area (Å²) >= 11 is 0. The lowest BCUT2D eigenvalue weighted by molar-refractivity contribution is -0.126. The van der Waals surface area contributed by atoms with E-state index in [1.165, 1.54) is 44.7 Å². The predicted molar refractivity (Wildman–Crippen MR) is 156 cm³/mol. The maximum atomic E-state index is 12.7. The molecule has 0 aliphatic rings. The maximum Gasteiger partial charge on any atom is 0.344 e. The summed E-state index contributed by atoms with van der Waals surface area (Å²) in [5.74, 6) is -0.540. The van der Waals surface area contributed by atoms with Gasteiger partial charge in [0.15, 0.2) is 0 Å². The number of hydrazone groups is 1. The lowest BCUT2D eigenvalue weighted by atomic mass is 10.0. The molecule has 206 valence electrons. The molecular formula is C32H39N3O4. The second-order valence-corrected chi connectivity index (χ2v) is 9.63. The topological polar surface area (TPSA) is 96.9 Å². The van der Waals surface area contributed by atoms with Crippen molar-refractivity contribution in [1.29, 1.82) is 0 Å². The first-order valence-electron chi connectivity index (χ1n) is 14.0. The third-order valence-corrected chi connectivity index (χ3v) is 6.46. The maximum absolute atomic E-state index is 12.7. The molecule has 0 spiro atoms. The van der Waals surface area contributed by atoms with Gasteiger partial charge in [-0.15, -0.1) is 0 Å². The average Bonchev–Trinajstić information content (AvgIpc) is 2.95. The van der Waals surface area contributed by atoms with Gasteiger partial charge in [0.05, 0.1) is 18.3 Å². The average molecular weight is 530 g/mol. The summed E-state index contributed by atoms with van der Waals surface area (Å²) in [7, 11) is 0. The number of nitrogens with zero attached hydrogens (tertiary/aromatic N) is 1. The molecule has 0 bridgehead atoms. The Bertz CT molecular complexity index is 1230. The Morgan fingerprint density at radius 1 is 0.769 bits per heavy atom. The normalized spacial score (nSPS) is 11.0. The molecule has 0 saturated heterocycles. The number of hydrogen-bond donors (Lipinski definition) is 2. The Morgan fingerprint density at radius 3 is 2.18 bits per heavy atom. The summed E-state index contributed by atoms with van der Waals surface area (Å²) in [6.07, 6.45) is 12.7. The van der Waals surface area contributed by atoms with Crippen LogP contribution in [0.3, 0.4) is 0 Å². The van der Waals surface area contributed by atoms with Crippen molar-refractivity contribution in [2.45, 2.75) is 71.1 Å². The summed E-state index contributed by atoms with van der Waals surface area (Å²) in [5.41, 5.74) is 3.63.